The van der Waals surface area contributed by atoms with Gasteiger partial charge in [-0.25, -0.2) is 24.3 Å². The zero-order chi connectivity index (χ0) is 28.2. The monoisotopic (exact) mass is 549 g/mol. The first-order chi connectivity index (χ1) is 19.9. The zero-order valence-corrected chi connectivity index (χ0v) is 22.7. The van der Waals surface area contributed by atoms with Gasteiger partial charge in [-0.1, -0.05) is 6.58 Å². The lowest BCUT2D eigenvalue weighted by Gasteiger charge is -2.23. The number of hydrogen-bond donors (Lipinski definition) is 1. The molecular weight excluding hydrogens is 521 g/mol. The van der Waals surface area contributed by atoms with Gasteiger partial charge in [0.1, 0.15) is 23.3 Å². The number of nitrogens with one attached hydrogen (secondary N) is 1. The Morgan fingerprint density at radius 2 is 2.00 bits per heavy atom. The first-order valence-corrected chi connectivity index (χ1v) is 13.6. The number of nitrogens with zero attached hydrogens (tertiary/aromatic N) is 6. The Labute approximate surface area is 235 Å². The largest absolute Gasteiger partial charge is 0.457 e. The lowest BCUT2D eigenvalue weighted by atomic mass is 9.86. The number of anilines is 2. The van der Waals surface area contributed by atoms with Gasteiger partial charge in [0.2, 0.25) is 5.91 Å². The van der Waals surface area contributed by atoms with Crippen LogP contribution in [0.2, 0.25) is 0 Å². The van der Waals surface area contributed by atoms with Gasteiger partial charge in [-0.15, -0.1) is 0 Å². The maximum atomic E-state index is 15.6. The summed E-state index contributed by atoms with van der Waals surface area (Å²) in [7, 11) is 1.93. The lowest BCUT2D eigenvalue weighted by Crippen LogP contribution is -2.34. The molecule has 2 bridgehead atoms. The van der Waals surface area contributed by atoms with Crippen molar-refractivity contribution in [3.8, 4) is 11.5 Å². The van der Waals surface area contributed by atoms with Crippen molar-refractivity contribution < 1.29 is 13.9 Å². The van der Waals surface area contributed by atoms with Gasteiger partial charge < -0.3 is 19.5 Å². The van der Waals surface area contributed by atoms with E-state index in [0.29, 0.717) is 33.9 Å². The fourth-order valence-electron chi connectivity index (χ4n) is 6.32. The van der Waals surface area contributed by atoms with Gasteiger partial charge >= 0.3 is 0 Å². The van der Waals surface area contributed by atoms with Gasteiger partial charge in [-0.3, -0.25) is 4.79 Å². The Morgan fingerprint density at radius 1 is 1.12 bits per heavy atom. The molecule has 2 fully saturated rings. The molecule has 5 heterocycles. The van der Waals surface area contributed by atoms with Gasteiger partial charge in [0, 0.05) is 42.4 Å². The van der Waals surface area contributed by atoms with Crippen molar-refractivity contribution >= 4 is 39.5 Å². The number of pyridine rings is 1. The standard InChI is InChI=1S/C31H28FN7O2/c1-4-28(40)39-18-5-10-25(39)20(13-18)21-7-8-23-30(36-21)31(34-15-33-23)37-22-9-12-27(17(2)29(22)32)41-19-6-11-26-24(14-19)35-16-38(26)3/h4,6-9,11-12,14-16,18,20,25H,1,5,10,13H2,2-3H3,(H,33,34,37)/t18-,20+,25+/m1/s1. The van der Waals surface area contributed by atoms with E-state index in [1.54, 1.807) is 25.4 Å². The highest BCUT2D eigenvalue weighted by Crippen LogP contribution is 2.46. The Bertz CT molecular complexity index is 1850. The van der Waals surface area contributed by atoms with Gasteiger partial charge in [0.15, 0.2) is 11.6 Å². The van der Waals surface area contributed by atoms with Crippen molar-refractivity contribution in [1.29, 1.82) is 0 Å². The quantitative estimate of drug-likeness (QED) is 0.262. The second-order valence-electron chi connectivity index (χ2n) is 10.7. The van der Waals surface area contributed by atoms with Crippen LogP contribution in [0.3, 0.4) is 0 Å². The van der Waals surface area contributed by atoms with Crippen molar-refractivity contribution in [2.45, 2.75) is 44.2 Å². The second-order valence-corrected chi connectivity index (χ2v) is 10.7. The summed E-state index contributed by atoms with van der Waals surface area (Å²) in [5, 5.41) is 3.13. The highest BCUT2D eigenvalue weighted by Gasteiger charge is 2.48. The van der Waals surface area contributed by atoms with E-state index in [4.69, 9.17) is 9.72 Å². The molecule has 0 radical (unpaired) electrons. The molecule has 5 aromatic rings. The molecule has 0 spiro atoms. The van der Waals surface area contributed by atoms with E-state index in [2.05, 4.69) is 26.8 Å². The van der Waals surface area contributed by atoms with Gasteiger partial charge in [0.05, 0.1) is 28.6 Å². The minimum absolute atomic E-state index is 0.0259. The van der Waals surface area contributed by atoms with Crippen LogP contribution in [0.25, 0.3) is 22.1 Å². The summed E-state index contributed by atoms with van der Waals surface area (Å²) in [6.07, 6.45) is 7.37. The molecule has 3 atom stereocenters. The molecule has 1 amide bonds. The minimum atomic E-state index is -0.448. The molecule has 9 nitrogen and oxygen atoms in total. The van der Waals surface area contributed by atoms with Crippen molar-refractivity contribution in [2.24, 2.45) is 7.05 Å². The SMILES string of the molecule is C=CC(=O)N1[C@@H]2CC[C@H]1[C@H](c1ccc3ncnc(Nc4ccc(Oc5ccc6c(c5)ncn6C)c(C)c4F)c3n1)C2. The number of amides is 1. The van der Waals surface area contributed by atoms with Crippen molar-refractivity contribution in [1.82, 2.24) is 29.4 Å². The van der Waals surface area contributed by atoms with E-state index in [0.717, 1.165) is 36.0 Å². The first-order valence-electron chi connectivity index (χ1n) is 13.6. The number of carbonyl (C=O) groups excluding carboxylic acids is 1. The predicted molar refractivity (Wildman–Crippen MR) is 154 cm³/mol. The van der Waals surface area contributed by atoms with E-state index >= 15 is 4.39 Å². The molecule has 3 aromatic heterocycles. The Kier molecular flexibility index (Phi) is 5.92. The van der Waals surface area contributed by atoms with Gasteiger partial charge in [-0.2, -0.15) is 0 Å². The molecule has 41 heavy (non-hydrogen) atoms. The van der Waals surface area contributed by atoms with E-state index in [1.165, 1.54) is 12.4 Å². The Balaban J connectivity index is 1.17. The lowest BCUT2D eigenvalue weighted by molar-refractivity contribution is -0.127. The number of benzene rings is 2. The summed E-state index contributed by atoms with van der Waals surface area (Å²) in [5.74, 6) is 1.04. The summed E-state index contributed by atoms with van der Waals surface area (Å²) < 4.78 is 23.6. The molecule has 206 valence electrons. The molecule has 2 saturated heterocycles. The van der Waals surface area contributed by atoms with E-state index in [1.807, 2.05) is 46.8 Å². The third-order valence-electron chi connectivity index (χ3n) is 8.36. The molecule has 7 rings (SSSR count). The number of hydrogen-bond acceptors (Lipinski definition) is 7. The highest BCUT2D eigenvalue weighted by atomic mass is 19.1. The van der Waals surface area contributed by atoms with Crippen LogP contribution < -0.4 is 10.1 Å². The number of fused-ring (bicyclic) bond motifs is 4. The maximum Gasteiger partial charge on any atom is 0.246 e. The average molecular weight is 550 g/mol. The third kappa shape index (κ3) is 4.18. The molecule has 0 unspecified atom stereocenters. The molecule has 2 aromatic carbocycles. The number of ether oxygens (including phenoxy) is 1. The average Bonchev–Trinajstić information content (AvgIpc) is 3.69. The Hall–Kier alpha value is -4.86. The van der Waals surface area contributed by atoms with Crippen LogP contribution in [0.15, 0.2) is 67.8 Å². The normalized spacial score (nSPS) is 19.7. The molecular formula is C31H28FN7O2. The fourth-order valence-corrected chi connectivity index (χ4v) is 6.32. The summed E-state index contributed by atoms with van der Waals surface area (Å²) in [5.41, 5.74) is 4.48. The van der Waals surface area contributed by atoms with Gasteiger partial charge in [-0.05, 0) is 68.7 Å². The van der Waals surface area contributed by atoms with Gasteiger partial charge in [0.25, 0.3) is 0 Å². The predicted octanol–water partition coefficient (Wildman–Crippen LogP) is 5.93. The van der Waals surface area contributed by atoms with E-state index in [9.17, 15) is 4.79 Å². The van der Waals surface area contributed by atoms with Crippen LogP contribution in [0, 0.1) is 12.7 Å². The van der Waals surface area contributed by atoms with Crippen molar-refractivity contribution in [3.63, 3.8) is 0 Å². The number of aryl methyl sites for hydroxylation is 1. The van der Waals surface area contributed by atoms with Crippen LogP contribution in [0.1, 0.15) is 36.4 Å². The molecule has 0 aliphatic carbocycles. The first kappa shape index (κ1) is 25.1. The van der Waals surface area contributed by atoms with Crippen LogP contribution in [-0.4, -0.2) is 47.4 Å². The summed E-state index contributed by atoms with van der Waals surface area (Å²) in [6, 6.07) is 13.1. The van der Waals surface area contributed by atoms with E-state index in [-0.39, 0.29) is 29.6 Å². The van der Waals surface area contributed by atoms with E-state index < -0.39 is 5.82 Å². The second kappa shape index (κ2) is 9.65. The molecule has 10 heteroatoms. The smallest absolute Gasteiger partial charge is 0.246 e. The molecule has 2 aliphatic heterocycles. The van der Waals surface area contributed by atoms with Crippen molar-refractivity contribution in [2.75, 3.05) is 5.32 Å². The number of aromatic nitrogens is 5. The van der Waals surface area contributed by atoms with Crippen LogP contribution in [-0.2, 0) is 11.8 Å². The molecule has 2 aliphatic rings. The summed E-state index contributed by atoms with van der Waals surface area (Å²) in [4.78, 5) is 32.5. The minimum Gasteiger partial charge on any atom is -0.457 e. The number of halogens is 1. The van der Waals surface area contributed by atoms with Crippen LogP contribution >= 0.6 is 0 Å². The van der Waals surface area contributed by atoms with Crippen molar-refractivity contribution in [3.05, 3.63) is 84.8 Å². The molecule has 1 N–H and O–H groups in total. The number of rotatable bonds is 6. The zero-order valence-electron chi connectivity index (χ0n) is 22.7. The number of imidazole rings is 1. The highest BCUT2D eigenvalue weighted by molar-refractivity contribution is 5.89. The van der Waals surface area contributed by atoms with Crippen LogP contribution in [0.4, 0.5) is 15.9 Å². The Morgan fingerprint density at radius 3 is 2.85 bits per heavy atom. The summed E-state index contributed by atoms with van der Waals surface area (Å²) >= 11 is 0. The van der Waals surface area contributed by atoms with Crippen LogP contribution in [0.5, 0.6) is 11.5 Å². The fraction of sp³-hybridized carbons (Fsp3) is 0.258. The third-order valence-corrected chi connectivity index (χ3v) is 8.36. The maximum absolute atomic E-state index is 15.6. The topological polar surface area (TPSA) is 98.1 Å². The number of carbonyl (C=O) groups is 1. The summed E-state index contributed by atoms with van der Waals surface area (Å²) in [6.45, 7) is 5.35. The molecule has 0 saturated carbocycles.